The molecule has 2 aliphatic rings. The van der Waals surface area contributed by atoms with E-state index in [4.69, 9.17) is 9.15 Å². The average Bonchev–Trinajstić information content (AvgIpc) is 3.14. The minimum atomic E-state index is 0.389. The summed E-state index contributed by atoms with van der Waals surface area (Å²) in [4.78, 5) is 2.59. The van der Waals surface area contributed by atoms with E-state index >= 15 is 0 Å². The van der Waals surface area contributed by atoms with Crippen LogP contribution in [-0.4, -0.2) is 41.3 Å². The molecule has 0 N–H and O–H groups in total. The molecular weight excluding hydrogens is 278 g/mol. The van der Waals surface area contributed by atoms with Crippen molar-refractivity contribution in [3.8, 4) is 17.2 Å². The third-order valence-electron chi connectivity index (χ3n) is 4.94. The van der Waals surface area contributed by atoms with Crippen molar-refractivity contribution in [3.63, 3.8) is 0 Å². The van der Waals surface area contributed by atoms with Gasteiger partial charge in [-0.25, -0.2) is 0 Å². The molecule has 0 spiro atoms. The fraction of sp³-hybridized carbons (Fsp3) is 0.529. The number of aromatic nitrogens is 2. The third kappa shape index (κ3) is 2.50. The second-order valence-corrected chi connectivity index (χ2v) is 6.24. The highest BCUT2D eigenvalue weighted by molar-refractivity contribution is 5.54. The van der Waals surface area contributed by atoms with Crippen LogP contribution in [0.3, 0.4) is 0 Å². The zero-order valence-corrected chi connectivity index (χ0v) is 12.9. The quantitative estimate of drug-likeness (QED) is 0.868. The number of hydrogen-bond acceptors (Lipinski definition) is 5. The van der Waals surface area contributed by atoms with Crippen LogP contribution in [0.2, 0.25) is 0 Å². The van der Waals surface area contributed by atoms with Gasteiger partial charge in [0.15, 0.2) is 0 Å². The molecule has 2 fully saturated rings. The summed E-state index contributed by atoms with van der Waals surface area (Å²) in [5.41, 5.74) is 0.938. The van der Waals surface area contributed by atoms with E-state index in [-0.39, 0.29) is 0 Å². The molecule has 4 rings (SSSR count). The summed E-state index contributed by atoms with van der Waals surface area (Å²) in [7, 11) is 1.66. The van der Waals surface area contributed by atoms with E-state index in [0.717, 1.165) is 42.8 Å². The van der Waals surface area contributed by atoms with E-state index in [1.54, 1.807) is 7.11 Å². The molecule has 5 nitrogen and oxygen atoms in total. The van der Waals surface area contributed by atoms with Gasteiger partial charge in [0.1, 0.15) is 5.75 Å². The first kappa shape index (κ1) is 13.8. The molecule has 1 atom stereocenters. The highest BCUT2D eigenvalue weighted by Crippen LogP contribution is 2.34. The summed E-state index contributed by atoms with van der Waals surface area (Å²) in [6, 6.07) is 8.52. The van der Waals surface area contributed by atoms with E-state index in [2.05, 4.69) is 15.1 Å². The maximum absolute atomic E-state index is 5.92. The lowest BCUT2D eigenvalue weighted by Gasteiger charge is -2.34. The second kappa shape index (κ2) is 5.72. The molecule has 1 aromatic carbocycles. The molecule has 22 heavy (non-hydrogen) atoms. The van der Waals surface area contributed by atoms with E-state index < -0.39 is 0 Å². The highest BCUT2D eigenvalue weighted by atomic mass is 16.5. The Bertz CT molecular complexity index is 634. The number of hydrogen-bond donors (Lipinski definition) is 0. The molecule has 1 aromatic heterocycles. The van der Waals surface area contributed by atoms with Crippen molar-refractivity contribution in [1.29, 1.82) is 0 Å². The molecule has 1 aliphatic carbocycles. The van der Waals surface area contributed by atoms with E-state index in [9.17, 15) is 0 Å². The first-order valence-electron chi connectivity index (χ1n) is 8.05. The Kier molecular flexibility index (Phi) is 3.58. The maximum atomic E-state index is 5.92. The van der Waals surface area contributed by atoms with Crippen molar-refractivity contribution in [1.82, 2.24) is 15.1 Å². The molecule has 2 aromatic rings. The van der Waals surface area contributed by atoms with Gasteiger partial charge in [-0.15, -0.1) is 10.2 Å². The molecule has 0 amide bonds. The summed E-state index contributed by atoms with van der Waals surface area (Å²) < 4.78 is 11.1. The molecular formula is C17H21N3O2. The van der Waals surface area contributed by atoms with Crippen LogP contribution in [0.15, 0.2) is 28.7 Å². The van der Waals surface area contributed by atoms with Gasteiger partial charge in [-0.1, -0.05) is 6.42 Å². The maximum Gasteiger partial charge on any atom is 0.247 e. The average molecular weight is 299 g/mol. The van der Waals surface area contributed by atoms with Crippen LogP contribution in [0.1, 0.15) is 37.5 Å². The Morgan fingerprint density at radius 2 is 1.95 bits per heavy atom. The third-order valence-corrected chi connectivity index (χ3v) is 4.94. The van der Waals surface area contributed by atoms with Crippen molar-refractivity contribution >= 4 is 0 Å². The van der Waals surface area contributed by atoms with E-state index in [1.165, 1.54) is 19.3 Å². The summed E-state index contributed by atoms with van der Waals surface area (Å²) >= 11 is 0. The first-order chi connectivity index (χ1) is 10.8. The molecule has 5 heteroatoms. The second-order valence-electron chi connectivity index (χ2n) is 6.24. The van der Waals surface area contributed by atoms with Gasteiger partial charge < -0.3 is 9.15 Å². The summed E-state index contributed by atoms with van der Waals surface area (Å²) in [6.45, 7) is 2.23. The highest BCUT2D eigenvalue weighted by Gasteiger charge is 2.34. The Labute approximate surface area is 130 Å². The van der Waals surface area contributed by atoms with Gasteiger partial charge in [-0.05, 0) is 50.1 Å². The number of likely N-dealkylation sites (tertiary alicyclic amines) is 1. The van der Waals surface area contributed by atoms with Crippen LogP contribution < -0.4 is 4.74 Å². The van der Waals surface area contributed by atoms with Crippen LogP contribution in [0.25, 0.3) is 11.5 Å². The number of methoxy groups -OCH3 is 1. The minimum Gasteiger partial charge on any atom is -0.497 e. The molecule has 1 saturated heterocycles. The number of rotatable bonds is 4. The fourth-order valence-corrected chi connectivity index (χ4v) is 3.32. The Balaban J connectivity index is 1.46. The molecule has 0 bridgehead atoms. The van der Waals surface area contributed by atoms with Gasteiger partial charge in [0.2, 0.25) is 11.8 Å². The number of benzene rings is 1. The lowest BCUT2D eigenvalue weighted by atomic mass is 9.92. The van der Waals surface area contributed by atoms with Gasteiger partial charge >= 0.3 is 0 Å². The standard InChI is InChI=1S/C17H21N3O2/c1-21-15-7-5-12(6-8-15)16-18-19-17(22-16)13-9-10-20(11-13)14-3-2-4-14/h5-8,13-14H,2-4,9-11H2,1H3. The molecule has 0 radical (unpaired) electrons. The first-order valence-corrected chi connectivity index (χ1v) is 8.05. The Hall–Kier alpha value is -1.88. The zero-order chi connectivity index (χ0) is 14.9. The summed E-state index contributed by atoms with van der Waals surface area (Å²) in [6.07, 6.45) is 5.22. The largest absolute Gasteiger partial charge is 0.497 e. The normalized spacial score (nSPS) is 22.7. The molecule has 116 valence electrons. The number of ether oxygens (including phenoxy) is 1. The zero-order valence-electron chi connectivity index (χ0n) is 12.9. The Morgan fingerprint density at radius 3 is 2.64 bits per heavy atom. The predicted octanol–water partition coefficient (Wildman–Crippen LogP) is 3.09. The van der Waals surface area contributed by atoms with E-state index in [0.29, 0.717) is 11.8 Å². The molecule has 1 saturated carbocycles. The van der Waals surface area contributed by atoms with Gasteiger partial charge in [0.25, 0.3) is 0 Å². The van der Waals surface area contributed by atoms with Crippen molar-refractivity contribution in [2.45, 2.75) is 37.6 Å². The van der Waals surface area contributed by atoms with Gasteiger partial charge in [-0.2, -0.15) is 0 Å². The molecule has 1 unspecified atom stereocenters. The van der Waals surface area contributed by atoms with Gasteiger partial charge in [-0.3, -0.25) is 4.90 Å². The van der Waals surface area contributed by atoms with Crippen molar-refractivity contribution in [2.75, 3.05) is 20.2 Å². The topological polar surface area (TPSA) is 51.4 Å². The van der Waals surface area contributed by atoms with Crippen LogP contribution in [0, 0.1) is 0 Å². The van der Waals surface area contributed by atoms with Crippen LogP contribution in [-0.2, 0) is 0 Å². The van der Waals surface area contributed by atoms with Gasteiger partial charge in [0.05, 0.1) is 13.0 Å². The van der Waals surface area contributed by atoms with Crippen LogP contribution in [0.5, 0.6) is 5.75 Å². The SMILES string of the molecule is COc1ccc(-c2nnc(C3CCN(C4CCC4)C3)o2)cc1. The fourth-order valence-electron chi connectivity index (χ4n) is 3.32. The van der Waals surface area contributed by atoms with Crippen molar-refractivity contribution in [2.24, 2.45) is 0 Å². The lowest BCUT2D eigenvalue weighted by Crippen LogP contribution is -2.38. The van der Waals surface area contributed by atoms with E-state index in [1.807, 2.05) is 24.3 Å². The summed E-state index contributed by atoms with van der Waals surface area (Å²) in [5.74, 6) is 2.60. The molecule has 2 heterocycles. The number of nitrogens with zero attached hydrogens (tertiary/aromatic N) is 3. The predicted molar refractivity (Wildman–Crippen MR) is 82.9 cm³/mol. The molecule has 1 aliphatic heterocycles. The Morgan fingerprint density at radius 1 is 1.14 bits per heavy atom. The summed E-state index contributed by atoms with van der Waals surface area (Å²) in [5, 5.41) is 8.49. The van der Waals surface area contributed by atoms with Crippen molar-refractivity contribution in [3.05, 3.63) is 30.2 Å². The van der Waals surface area contributed by atoms with Crippen LogP contribution in [0.4, 0.5) is 0 Å². The minimum absolute atomic E-state index is 0.389. The van der Waals surface area contributed by atoms with Crippen LogP contribution >= 0.6 is 0 Å². The van der Waals surface area contributed by atoms with Crippen molar-refractivity contribution < 1.29 is 9.15 Å². The lowest BCUT2D eigenvalue weighted by molar-refractivity contribution is 0.156. The van der Waals surface area contributed by atoms with Gasteiger partial charge in [0, 0.05) is 18.2 Å². The monoisotopic (exact) mass is 299 g/mol. The smallest absolute Gasteiger partial charge is 0.247 e.